The summed E-state index contributed by atoms with van der Waals surface area (Å²) in [5.74, 6) is 0. The molecule has 2 rings (SSSR count). The highest BCUT2D eigenvalue weighted by atomic mass is 16.3. The zero-order valence-corrected chi connectivity index (χ0v) is 10.6. The Bertz CT molecular complexity index is 478. The Morgan fingerprint density at radius 1 is 1.26 bits per heavy atom. The van der Waals surface area contributed by atoms with Gasteiger partial charge in [0.25, 0.3) is 0 Å². The quantitative estimate of drug-likeness (QED) is 0.759. The fraction of sp³-hybridized carbons (Fsp3) is 0.429. The number of carbonyl (C=O) groups excluding carboxylic acids is 1. The van der Waals surface area contributed by atoms with Gasteiger partial charge < -0.3 is 15.7 Å². The molecule has 0 spiro atoms. The number of aliphatic hydroxyl groups excluding tert-OH is 1. The molecule has 1 aliphatic rings. The fourth-order valence-corrected chi connectivity index (χ4v) is 2.24. The molecule has 1 fully saturated rings. The van der Waals surface area contributed by atoms with E-state index in [4.69, 9.17) is 5.26 Å². The Hall–Kier alpha value is -2.06. The highest BCUT2D eigenvalue weighted by Crippen LogP contribution is 2.18. The van der Waals surface area contributed by atoms with Crippen LogP contribution in [0.4, 0.5) is 10.5 Å². The number of amides is 2. The minimum absolute atomic E-state index is 0.174. The number of rotatable bonds is 2. The molecule has 1 saturated carbocycles. The first-order valence-corrected chi connectivity index (χ1v) is 6.45. The van der Waals surface area contributed by atoms with Crippen molar-refractivity contribution in [3.05, 3.63) is 29.8 Å². The maximum atomic E-state index is 11.8. The number of hydrogen-bond donors (Lipinski definition) is 3. The van der Waals surface area contributed by atoms with E-state index in [0.717, 1.165) is 25.7 Å². The van der Waals surface area contributed by atoms with Crippen LogP contribution in [-0.4, -0.2) is 23.3 Å². The first-order valence-electron chi connectivity index (χ1n) is 6.45. The van der Waals surface area contributed by atoms with Crippen molar-refractivity contribution < 1.29 is 9.90 Å². The van der Waals surface area contributed by atoms with E-state index in [1.54, 1.807) is 24.3 Å². The van der Waals surface area contributed by atoms with Gasteiger partial charge in [0.1, 0.15) is 0 Å². The SMILES string of the molecule is N#Cc1ccc(NC(=O)NC2CCCCC2O)cc1. The van der Waals surface area contributed by atoms with Crippen LogP contribution in [0.1, 0.15) is 31.2 Å². The Morgan fingerprint density at radius 3 is 2.58 bits per heavy atom. The van der Waals surface area contributed by atoms with E-state index >= 15 is 0 Å². The molecule has 5 heteroatoms. The molecule has 0 heterocycles. The van der Waals surface area contributed by atoms with Crippen molar-refractivity contribution in [2.24, 2.45) is 0 Å². The lowest BCUT2D eigenvalue weighted by Gasteiger charge is -2.28. The highest BCUT2D eigenvalue weighted by Gasteiger charge is 2.24. The molecule has 1 aromatic rings. The van der Waals surface area contributed by atoms with Crippen LogP contribution in [0.5, 0.6) is 0 Å². The fourth-order valence-electron chi connectivity index (χ4n) is 2.24. The van der Waals surface area contributed by atoms with E-state index < -0.39 is 6.10 Å². The standard InChI is InChI=1S/C14H17N3O2/c15-9-10-5-7-11(8-6-10)16-14(19)17-12-3-1-2-4-13(12)18/h5-8,12-13,18H,1-4H2,(H2,16,17,19). The number of nitriles is 1. The number of nitrogens with zero attached hydrogens (tertiary/aromatic N) is 1. The van der Waals surface area contributed by atoms with Gasteiger partial charge in [-0.15, -0.1) is 0 Å². The number of carbonyl (C=O) groups is 1. The molecule has 2 unspecified atom stereocenters. The molecular weight excluding hydrogens is 242 g/mol. The lowest BCUT2D eigenvalue weighted by Crippen LogP contribution is -2.46. The average molecular weight is 259 g/mol. The van der Waals surface area contributed by atoms with Gasteiger partial charge in [-0.1, -0.05) is 12.8 Å². The molecule has 0 aromatic heterocycles. The van der Waals surface area contributed by atoms with Crippen molar-refractivity contribution in [2.45, 2.75) is 37.8 Å². The van der Waals surface area contributed by atoms with Gasteiger partial charge in [-0.3, -0.25) is 0 Å². The maximum absolute atomic E-state index is 11.8. The van der Waals surface area contributed by atoms with Gasteiger partial charge in [-0.2, -0.15) is 5.26 Å². The molecule has 1 aromatic carbocycles. The number of urea groups is 1. The van der Waals surface area contributed by atoms with Crippen LogP contribution in [0.3, 0.4) is 0 Å². The van der Waals surface area contributed by atoms with Gasteiger partial charge in [0, 0.05) is 5.69 Å². The van der Waals surface area contributed by atoms with E-state index in [1.807, 2.05) is 6.07 Å². The van der Waals surface area contributed by atoms with Crippen molar-refractivity contribution in [3.63, 3.8) is 0 Å². The van der Waals surface area contributed by atoms with E-state index in [-0.39, 0.29) is 12.1 Å². The van der Waals surface area contributed by atoms with Gasteiger partial charge in [0.05, 0.1) is 23.8 Å². The molecule has 1 aliphatic carbocycles. The average Bonchev–Trinajstić information content (AvgIpc) is 2.42. The number of nitrogens with one attached hydrogen (secondary N) is 2. The molecule has 0 saturated heterocycles. The van der Waals surface area contributed by atoms with Crippen LogP contribution >= 0.6 is 0 Å². The van der Waals surface area contributed by atoms with E-state index in [9.17, 15) is 9.90 Å². The molecule has 2 atom stereocenters. The molecule has 0 bridgehead atoms. The summed E-state index contributed by atoms with van der Waals surface area (Å²) in [6, 6.07) is 8.16. The van der Waals surface area contributed by atoms with Gasteiger partial charge in [-0.05, 0) is 37.1 Å². The highest BCUT2D eigenvalue weighted by molar-refractivity contribution is 5.89. The second kappa shape index (κ2) is 6.21. The molecule has 2 amide bonds. The number of benzene rings is 1. The topological polar surface area (TPSA) is 85.2 Å². The summed E-state index contributed by atoms with van der Waals surface area (Å²) in [6.45, 7) is 0. The molecule has 0 radical (unpaired) electrons. The molecule has 5 nitrogen and oxygen atoms in total. The van der Waals surface area contributed by atoms with Crippen molar-refractivity contribution in [1.29, 1.82) is 5.26 Å². The van der Waals surface area contributed by atoms with E-state index in [2.05, 4.69) is 10.6 Å². The maximum Gasteiger partial charge on any atom is 0.319 e. The lowest BCUT2D eigenvalue weighted by molar-refractivity contribution is 0.0955. The predicted molar refractivity (Wildman–Crippen MR) is 71.6 cm³/mol. The van der Waals surface area contributed by atoms with E-state index in [1.165, 1.54) is 0 Å². The first-order chi connectivity index (χ1) is 9.19. The third kappa shape index (κ3) is 3.70. The summed E-state index contributed by atoms with van der Waals surface area (Å²) in [5, 5.41) is 23.9. The van der Waals surface area contributed by atoms with Crippen molar-refractivity contribution >= 4 is 11.7 Å². The lowest BCUT2D eigenvalue weighted by atomic mass is 9.93. The largest absolute Gasteiger partial charge is 0.391 e. The summed E-state index contributed by atoms with van der Waals surface area (Å²) in [7, 11) is 0. The zero-order chi connectivity index (χ0) is 13.7. The van der Waals surface area contributed by atoms with Crippen LogP contribution < -0.4 is 10.6 Å². The van der Waals surface area contributed by atoms with Crippen LogP contribution in [0.15, 0.2) is 24.3 Å². The summed E-state index contributed by atoms with van der Waals surface area (Å²) >= 11 is 0. The predicted octanol–water partition coefficient (Wildman–Crippen LogP) is 1.98. The number of anilines is 1. The second-order valence-corrected chi connectivity index (χ2v) is 4.75. The third-order valence-corrected chi connectivity index (χ3v) is 3.32. The number of hydrogen-bond acceptors (Lipinski definition) is 3. The molecule has 0 aliphatic heterocycles. The minimum atomic E-state index is -0.458. The van der Waals surface area contributed by atoms with Crippen molar-refractivity contribution in [1.82, 2.24) is 5.32 Å². The van der Waals surface area contributed by atoms with Crippen molar-refractivity contribution in [2.75, 3.05) is 5.32 Å². The van der Waals surface area contributed by atoms with Gasteiger partial charge >= 0.3 is 6.03 Å². The Balaban J connectivity index is 1.88. The van der Waals surface area contributed by atoms with E-state index in [0.29, 0.717) is 11.3 Å². The minimum Gasteiger partial charge on any atom is -0.391 e. The van der Waals surface area contributed by atoms with Crippen LogP contribution in [0, 0.1) is 11.3 Å². The van der Waals surface area contributed by atoms with Gasteiger partial charge in [-0.25, -0.2) is 4.79 Å². The van der Waals surface area contributed by atoms with Crippen LogP contribution in [0.2, 0.25) is 0 Å². The normalized spacial score (nSPS) is 22.3. The van der Waals surface area contributed by atoms with Crippen LogP contribution in [0.25, 0.3) is 0 Å². The zero-order valence-electron chi connectivity index (χ0n) is 10.6. The monoisotopic (exact) mass is 259 g/mol. The van der Waals surface area contributed by atoms with Crippen molar-refractivity contribution in [3.8, 4) is 6.07 Å². The second-order valence-electron chi connectivity index (χ2n) is 4.75. The van der Waals surface area contributed by atoms with Crippen LogP contribution in [-0.2, 0) is 0 Å². The molecular formula is C14H17N3O2. The smallest absolute Gasteiger partial charge is 0.319 e. The third-order valence-electron chi connectivity index (χ3n) is 3.32. The number of aliphatic hydroxyl groups is 1. The Morgan fingerprint density at radius 2 is 1.95 bits per heavy atom. The van der Waals surface area contributed by atoms with Gasteiger partial charge in [0.15, 0.2) is 0 Å². The summed E-state index contributed by atoms with van der Waals surface area (Å²) in [4.78, 5) is 11.8. The Kier molecular flexibility index (Phi) is 4.37. The summed E-state index contributed by atoms with van der Waals surface area (Å²) < 4.78 is 0. The summed E-state index contributed by atoms with van der Waals surface area (Å²) in [6.07, 6.45) is 3.12. The van der Waals surface area contributed by atoms with Gasteiger partial charge in [0.2, 0.25) is 0 Å². The summed E-state index contributed by atoms with van der Waals surface area (Å²) in [5.41, 5.74) is 1.18. The Labute approximate surface area is 112 Å². The molecule has 19 heavy (non-hydrogen) atoms. The first kappa shape index (κ1) is 13.4. The molecule has 3 N–H and O–H groups in total. The molecule has 100 valence electrons.